The summed E-state index contributed by atoms with van der Waals surface area (Å²) >= 11 is 0. The zero-order valence-electron chi connectivity index (χ0n) is 12.3. The first-order chi connectivity index (χ1) is 10.2. The Kier molecular flexibility index (Phi) is 4.29. The second-order valence-corrected chi connectivity index (χ2v) is 5.87. The maximum Gasteiger partial charge on any atom is 0.239 e. The minimum atomic E-state index is 0.0946. The van der Waals surface area contributed by atoms with E-state index in [1.807, 2.05) is 12.1 Å². The van der Waals surface area contributed by atoms with Crippen molar-refractivity contribution in [2.75, 3.05) is 36.9 Å². The molecule has 2 heterocycles. The lowest BCUT2D eigenvalue weighted by Crippen LogP contribution is -2.45. The van der Waals surface area contributed by atoms with Crippen LogP contribution in [0, 0.1) is 0 Å². The van der Waals surface area contributed by atoms with Crippen LogP contribution in [-0.4, -0.2) is 38.3 Å². The average Bonchev–Trinajstić information content (AvgIpc) is 2.49. The molecule has 114 valence electrons. The molecule has 0 atom stereocenters. The second-order valence-electron chi connectivity index (χ2n) is 5.87. The van der Waals surface area contributed by atoms with E-state index in [1.165, 1.54) is 5.56 Å². The third kappa shape index (κ3) is 3.47. The lowest BCUT2D eigenvalue weighted by Gasteiger charge is -2.32. The Labute approximate surface area is 125 Å². The van der Waals surface area contributed by atoms with E-state index in [4.69, 9.17) is 10.5 Å². The fourth-order valence-electron chi connectivity index (χ4n) is 3.12. The Morgan fingerprint density at radius 2 is 2.19 bits per heavy atom. The third-order valence-electron chi connectivity index (χ3n) is 4.25. The van der Waals surface area contributed by atoms with Gasteiger partial charge in [0, 0.05) is 37.2 Å². The average molecular weight is 289 g/mol. The van der Waals surface area contributed by atoms with E-state index in [9.17, 15) is 4.79 Å². The van der Waals surface area contributed by atoms with Crippen molar-refractivity contribution in [2.24, 2.45) is 0 Å². The van der Waals surface area contributed by atoms with Crippen LogP contribution in [0.2, 0.25) is 0 Å². The van der Waals surface area contributed by atoms with Crippen molar-refractivity contribution < 1.29 is 9.53 Å². The summed E-state index contributed by atoms with van der Waals surface area (Å²) in [4.78, 5) is 14.4. The van der Waals surface area contributed by atoms with Gasteiger partial charge in [0.1, 0.15) is 0 Å². The van der Waals surface area contributed by atoms with Crippen molar-refractivity contribution in [2.45, 2.75) is 31.7 Å². The maximum atomic E-state index is 12.2. The molecule has 0 saturated carbocycles. The van der Waals surface area contributed by atoms with Gasteiger partial charge < -0.3 is 20.7 Å². The number of hydrogen-bond donors (Lipinski definition) is 2. The number of aryl methyl sites for hydroxylation is 1. The Morgan fingerprint density at radius 1 is 1.38 bits per heavy atom. The number of benzene rings is 1. The molecule has 5 nitrogen and oxygen atoms in total. The van der Waals surface area contributed by atoms with Crippen molar-refractivity contribution >= 4 is 17.3 Å². The predicted octanol–water partition coefficient (Wildman–Crippen LogP) is 1.32. The first-order valence-corrected chi connectivity index (χ1v) is 7.73. The van der Waals surface area contributed by atoms with Gasteiger partial charge in [0.2, 0.25) is 5.91 Å². The van der Waals surface area contributed by atoms with Crippen molar-refractivity contribution in [3.05, 3.63) is 23.8 Å². The first-order valence-electron chi connectivity index (χ1n) is 7.73. The van der Waals surface area contributed by atoms with Crippen LogP contribution in [0.1, 0.15) is 24.8 Å². The molecule has 3 N–H and O–H groups in total. The molecule has 0 radical (unpaired) electrons. The number of nitrogen functional groups attached to an aromatic ring is 1. The summed E-state index contributed by atoms with van der Waals surface area (Å²) < 4.78 is 5.32. The van der Waals surface area contributed by atoms with E-state index in [-0.39, 0.29) is 11.9 Å². The number of nitrogens with zero attached hydrogens (tertiary/aromatic N) is 1. The van der Waals surface area contributed by atoms with Crippen LogP contribution in [-0.2, 0) is 16.0 Å². The Morgan fingerprint density at radius 3 is 3.00 bits per heavy atom. The first kappa shape index (κ1) is 14.2. The van der Waals surface area contributed by atoms with Gasteiger partial charge in [-0.15, -0.1) is 0 Å². The fourth-order valence-corrected chi connectivity index (χ4v) is 3.12. The molecule has 3 rings (SSSR count). The van der Waals surface area contributed by atoms with Gasteiger partial charge in [0.05, 0.1) is 6.54 Å². The standard InChI is InChI=1S/C16H23N3O2/c17-13-4-3-12-2-1-7-19(15(12)10-13)11-16(20)18-14-5-8-21-9-6-14/h3-4,10,14H,1-2,5-9,11,17H2,(H,18,20). The normalized spacial score (nSPS) is 19.1. The molecule has 5 heteroatoms. The van der Waals surface area contributed by atoms with Gasteiger partial charge in [-0.1, -0.05) is 6.07 Å². The highest BCUT2D eigenvalue weighted by molar-refractivity contribution is 5.82. The van der Waals surface area contributed by atoms with Crippen LogP contribution >= 0.6 is 0 Å². The summed E-state index contributed by atoms with van der Waals surface area (Å²) in [6, 6.07) is 6.25. The van der Waals surface area contributed by atoms with Crippen LogP contribution < -0.4 is 16.0 Å². The highest BCUT2D eigenvalue weighted by Gasteiger charge is 2.21. The summed E-state index contributed by atoms with van der Waals surface area (Å²) in [6.07, 6.45) is 3.97. The number of hydrogen-bond acceptors (Lipinski definition) is 4. The van der Waals surface area contributed by atoms with Crippen LogP contribution in [0.5, 0.6) is 0 Å². The van der Waals surface area contributed by atoms with Crippen LogP contribution in [0.3, 0.4) is 0 Å². The second kappa shape index (κ2) is 6.35. The fraction of sp³-hybridized carbons (Fsp3) is 0.562. The smallest absolute Gasteiger partial charge is 0.239 e. The molecule has 0 unspecified atom stereocenters. The van der Waals surface area contributed by atoms with Crippen molar-refractivity contribution in [3.8, 4) is 0 Å². The molecule has 2 aliphatic heterocycles. The lowest BCUT2D eigenvalue weighted by atomic mass is 10.0. The zero-order chi connectivity index (χ0) is 14.7. The number of anilines is 2. The van der Waals surface area contributed by atoms with Gasteiger partial charge in [-0.2, -0.15) is 0 Å². The summed E-state index contributed by atoms with van der Waals surface area (Å²) in [7, 11) is 0. The minimum Gasteiger partial charge on any atom is -0.399 e. The molecule has 1 aromatic rings. The Bertz CT molecular complexity index is 512. The quantitative estimate of drug-likeness (QED) is 0.824. The van der Waals surface area contributed by atoms with Gasteiger partial charge in [-0.05, 0) is 43.4 Å². The monoisotopic (exact) mass is 289 g/mol. The van der Waals surface area contributed by atoms with Gasteiger partial charge in [0.15, 0.2) is 0 Å². The lowest BCUT2D eigenvalue weighted by molar-refractivity contribution is -0.121. The van der Waals surface area contributed by atoms with Crippen LogP contribution in [0.25, 0.3) is 0 Å². The SMILES string of the molecule is Nc1ccc2c(c1)N(CC(=O)NC1CCOCC1)CCC2. The number of amides is 1. The largest absolute Gasteiger partial charge is 0.399 e. The van der Waals surface area contributed by atoms with Crippen molar-refractivity contribution in [1.82, 2.24) is 5.32 Å². The molecular formula is C16H23N3O2. The molecule has 0 aromatic heterocycles. The van der Waals surface area contributed by atoms with E-state index in [0.29, 0.717) is 6.54 Å². The van der Waals surface area contributed by atoms with E-state index in [0.717, 1.165) is 56.8 Å². The van der Waals surface area contributed by atoms with Gasteiger partial charge >= 0.3 is 0 Å². The number of nitrogens with one attached hydrogen (secondary N) is 1. The number of rotatable bonds is 3. The minimum absolute atomic E-state index is 0.0946. The predicted molar refractivity (Wildman–Crippen MR) is 83.4 cm³/mol. The Balaban J connectivity index is 1.63. The molecule has 2 aliphatic rings. The summed E-state index contributed by atoms with van der Waals surface area (Å²) in [6.45, 7) is 2.81. The van der Waals surface area contributed by atoms with E-state index in [1.54, 1.807) is 0 Å². The van der Waals surface area contributed by atoms with E-state index >= 15 is 0 Å². The number of nitrogens with two attached hydrogens (primary N) is 1. The van der Waals surface area contributed by atoms with Gasteiger partial charge in [-0.3, -0.25) is 4.79 Å². The van der Waals surface area contributed by atoms with Crippen LogP contribution in [0.4, 0.5) is 11.4 Å². The van der Waals surface area contributed by atoms with Crippen molar-refractivity contribution in [3.63, 3.8) is 0 Å². The zero-order valence-corrected chi connectivity index (χ0v) is 12.3. The number of ether oxygens (including phenoxy) is 1. The molecule has 0 bridgehead atoms. The summed E-state index contributed by atoms with van der Waals surface area (Å²) in [5, 5.41) is 3.12. The topological polar surface area (TPSA) is 67.6 Å². The summed E-state index contributed by atoms with van der Waals surface area (Å²) in [5.41, 5.74) is 9.04. The molecule has 1 amide bonds. The maximum absolute atomic E-state index is 12.2. The highest BCUT2D eigenvalue weighted by atomic mass is 16.5. The van der Waals surface area contributed by atoms with E-state index < -0.39 is 0 Å². The summed E-state index contributed by atoms with van der Waals surface area (Å²) in [5.74, 6) is 0.0946. The molecule has 0 aliphatic carbocycles. The highest BCUT2D eigenvalue weighted by Crippen LogP contribution is 2.28. The number of carbonyl (C=O) groups excluding carboxylic acids is 1. The van der Waals surface area contributed by atoms with Gasteiger partial charge in [0.25, 0.3) is 0 Å². The van der Waals surface area contributed by atoms with Crippen molar-refractivity contribution in [1.29, 1.82) is 0 Å². The number of carbonyl (C=O) groups is 1. The third-order valence-corrected chi connectivity index (χ3v) is 4.25. The molecule has 1 saturated heterocycles. The molecule has 0 spiro atoms. The molecule has 1 aromatic carbocycles. The van der Waals surface area contributed by atoms with E-state index in [2.05, 4.69) is 16.3 Å². The molecule has 1 fully saturated rings. The van der Waals surface area contributed by atoms with Crippen LogP contribution in [0.15, 0.2) is 18.2 Å². The molecular weight excluding hydrogens is 266 g/mol. The Hall–Kier alpha value is -1.75. The molecule has 21 heavy (non-hydrogen) atoms. The van der Waals surface area contributed by atoms with Gasteiger partial charge in [-0.25, -0.2) is 0 Å². The number of fused-ring (bicyclic) bond motifs is 1.